The van der Waals surface area contributed by atoms with Crippen molar-refractivity contribution in [3.63, 3.8) is 0 Å². The van der Waals surface area contributed by atoms with Gasteiger partial charge in [-0.25, -0.2) is 0 Å². The first kappa shape index (κ1) is 28.5. The molecule has 0 radical (unpaired) electrons. The van der Waals surface area contributed by atoms with E-state index in [0.717, 1.165) is 39.8 Å². The normalized spacial score (nSPS) is 18.9. The highest BCUT2D eigenvalue weighted by Gasteiger charge is 2.45. The molecule has 0 saturated carbocycles. The van der Waals surface area contributed by atoms with Crippen LogP contribution in [0.3, 0.4) is 0 Å². The zero-order valence-electron chi connectivity index (χ0n) is 24.9. The summed E-state index contributed by atoms with van der Waals surface area (Å²) in [5.74, 6) is -1.30. The van der Waals surface area contributed by atoms with Crippen molar-refractivity contribution in [3.05, 3.63) is 89.0 Å². The molecule has 4 amide bonds. The lowest BCUT2D eigenvalue weighted by Gasteiger charge is -2.32. The third kappa shape index (κ3) is 5.15. The van der Waals surface area contributed by atoms with Crippen LogP contribution in [0.1, 0.15) is 69.3 Å². The number of rotatable bonds is 7. The van der Waals surface area contributed by atoms with E-state index in [9.17, 15) is 19.2 Å². The second-order valence-electron chi connectivity index (χ2n) is 11.9. The lowest BCUT2D eigenvalue weighted by atomic mass is 10.0. The molecule has 3 aliphatic rings. The van der Waals surface area contributed by atoms with Crippen molar-refractivity contribution in [2.45, 2.75) is 57.7 Å². The van der Waals surface area contributed by atoms with Crippen molar-refractivity contribution in [2.75, 3.05) is 18.4 Å². The molecule has 7 rings (SSSR count). The Morgan fingerprint density at radius 3 is 2.69 bits per heavy atom. The highest BCUT2D eigenvalue weighted by Crippen LogP contribution is 2.33. The highest BCUT2D eigenvalue weighted by molar-refractivity contribution is 6.25. The van der Waals surface area contributed by atoms with Crippen molar-refractivity contribution in [1.29, 1.82) is 0 Å². The molecule has 12 heteroatoms. The molecule has 0 bridgehead atoms. The second-order valence-corrected chi connectivity index (χ2v) is 11.9. The molecule has 12 nitrogen and oxygen atoms in total. The maximum atomic E-state index is 13.4. The van der Waals surface area contributed by atoms with E-state index in [2.05, 4.69) is 27.5 Å². The van der Waals surface area contributed by atoms with Crippen LogP contribution in [0, 0.1) is 6.92 Å². The predicted octanol–water partition coefficient (Wildman–Crippen LogP) is 3.74. The van der Waals surface area contributed by atoms with Crippen molar-refractivity contribution < 1.29 is 23.7 Å². The Bertz CT molecular complexity index is 1870. The molecule has 230 valence electrons. The summed E-state index contributed by atoms with van der Waals surface area (Å²) in [7, 11) is 0. The van der Waals surface area contributed by atoms with Crippen LogP contribution in [-0.2, 0) is 22.6 Å². The molecule has 2 aromatic heterocycles. The minimum absolute atomic E-state index is 0.0343. The van der Waals surface area contributed by atoms with Crippen LogP contribution in [0.5, 0.6) is 0 Å². The number of likely N-dealkylation sites (tertiary alicyclic amines) is 1. The monoisotopic (exact) mass is 607 g/mol. The molecule has 2 N–H and O–H groups in total. The van der Waals surface area contributed by atoms with E-state index >= 15 is 0 Å². The summed E-state index contributed by atoms with van der Waals surface area (Å²) in [6, 6.07) is 10.2. The quantitative estimate of drug-likeness (QED) is 0.303. The Labute approximate surface area is 259 Å². The smallest absolute Gasteiger partial charge is 0.264 e. The van der Waals surface area contributed by atoms with Crippen LogP contribution < -0.4 is 10.6 Å². The van der Waals surface area contributed by atoms with Crippen LogP contribution in [0.15, 0.2) is 65.6 Å². The van der Waals surface area contributed by atoms with E-state index in [1.165, 1.54) is 0 Å². The number of hydrogen-bond donors (Lipinski definition) is 2. The standard InChI is InChI=1S/C33H33N7O5/c1-19-5-3-6-23-26(37-45-30(19)23)15-28(41)38-13-11-22(12-14-38)39-18-21(17-35-39)16-34-25-8-4-7-24-29(25)33(44)40(32(24)43)27-10-9-20(2)36-31(27)42/h3-8,17-18,22,27,34H,2,9-16H2,1H3,(H,36,42). The number of carbonyl (C=O) groups is 4. The molecular weight excluding hydrogens is 574 g/mol. The number of allylic oxidation sites excluding steroid dienone is 1. The Morgan fingerprint density at radius 2 is 1.89 bits per heavy atom. The topological polar surface area (TPSA) is 143 Å². The van der Waals surface area contributed by atoms with E-state index in [4.69, 9.17) is 4.52 Å². The number of aromatic nitrogens is 3. The number of nitrogens with zero attached hydrogens (tertiary/aromatic N) is 5. The number of fused-ring (bicyclic) bond motifs is 2. The number of carbonyl (C=O) groups excluding carboxylic acids is 4. The number of imide groups is 1. The molecule has 0 spiro atoms. The van der Waals surface area contributed by atoms with Crippen molar-refractivity contribution in [1.82, 2.24) is 30.1 Å². The van der Waals surface area contributed by atoms with Crippen molar-refractivity contribution in [3.8, 4) is 0 Å². The summed E-state index contributed by atoms with van der Waals surface area (Å²) in [5, 5.41) is 15.6. The van der Waals surface area contributed by atoms with Crippen molar-refractivity contribution in [2.24, 2.45) is 0 Å². The van der Waals surface area contributed by atoms with E-state index in [1.54, 1.807) is 24.4 Å². The van der Waals surface area contributed by atoms with E-state index in [-0.39, 0.29) is 29.5 Å². The first-order valence-electron chi connectivity index (χ1n) is 15.2. The largest absolute Gasteiger partial charge is 0.380 e. The van der Waals surface area contributed by atoms with Gasteiger partial charge in [-0.2, -0.15) is 5.10 Å². The number of aryl methyl sites for hydroxylation is 1. The molecule has 1 atom stereocenters. The third-order valence-electron chi connectivity index (χ3n) is 9.00. The van der Waals surface area contributed by atoms with Gasteiger partial charge in [0, 0.05) is 48.2 Å². The molecule has 3 aliphatic heterocycles. The van der Waals surface area contributed by atoms with Gasteiger partial charge >= 0.3 is 0 Å². The Morgan fingerprint density at radius 1 is 1.09 bits per heavy atom. The summed E-state index contributed by atoms with van der Waals surface area (Å²) >= 11 is 0. The first-order chi connectivity index (χ1) is 21.8. The predicted molar refractivity (Wildman–Crippen MR) is 164 cm³/mol. The molecule has 2 aromatic carbocycles. The summed E-state index contributed by atoms with van der Waals surface area (Å²) < 4.78 is 7.41. The van der Waals surface area contributed by atoms with Crippen LogP contribution in [-0.4, -0.2) is 67.5 Å². The molecule has 0 aliphatic carbocycles. The van der Waals surface area contributed by atoms with Gasteiger partial charge in [-0.1, -0.05) is 29.9 Å². The molecular formula is C33H33N7O5. The third-order valence-corrected chi connectivity index (χ3v) is 9.00. The van der Waals surface area contributed by atoms with Gasteiger partial charge in [0.1, 0.15) is 11.7 Å². The molecule has 45 heavy (non-hydrogen) atoms. The number of anilines is 1. The number of hydrogen-bond acceptors (Lipinski definition) is 8. The Kier molecular flexibility index (Phi) is 7.19. The van der Waals surface area contributed by atoms with Gasteiger partial charge in [-0.3, -0.25) is 28.8 Å². The minimum Gasteiger partial charge on any atom is -0.380 e. The average molecular weight is 608 g/mol. The van der Waals surface area contributed by atoms with Crippen LogP contribution in [0.2, 0.25) is 0 Å². The Balaban J connectivity index is 0.960. The summed E-state index contributed by atoms with van der Waals surface area (Å²) in [4.78, 5) is 55.2. The number of amides is 4. The number of piperidine rings is 2. The fourth-order valence-corrected chi connectivity index (χ4v) is 6.52. The van der Waals surface area contributed by atoms with E-state index in [1.807, 2.05) is 40.9 Å². The van der Waals surface area contributed by atoms with Crippen LogP contribution >= 0.6 is 0 Å². The molecule has 4 aromatic rings. The van der Waals surface area contributed by atoms with Gasteiger partial charge in [-0.05, 0) is 56.4 Å². The lowest BCUT2D eigenvalue weighted by Crippen LogP contribution is -2.51. The summed E-state index contributed by atoms with van der Waals surface area (Å²) in [5.41, 5.74) is 4.97. The van der Waals surface area contributed by atoms with Gasteiger partial charge in [-0.15, -0.1) is 0 Å². The van der Waals surface area contributed by atoms with Crippen LogP contribution in [0.4, 0.5) is 5.69 Å². The van der Waals surface area contributed by atoms with Gasteiger partial charge in [0.2, 0.25) is 11.8 Å². The second kappa shape index (κ2) is 11.3. The average Bonchev–Trinajstić information content (AvgIpc) is 3.74. The summed E-state index contributed by atoms with van der Waals surface area (Å²) in [6.07, 6.45) is 6.37. The van der Waals surface area contributed by atoms with Crippen LogP contribution in [0.25, 0.3) is 11.0 Å². The molecule has 2 saturated heterocycles. The van der Waals surface area contributed by atoms with E-state index < -0.39 is 23.8 Å². The lowest BCUT2D eigenvalue weighted by molar-refractivity contribution is -0.131. The number of benzene rings is 2. The number of nitrogens with one attached hydrogen (secondary N) is 2. The fourth-order valence-electron chi connectivity index (χ4n) is 6.52. The number of para-hydroxylation sites is 1. The molecule has 5 heterocycles. The minimum atomic E-state index is -0.859. The summed E-state index contributed by atoms with van der Waals surface area (Å²) in [6.45, 7) is 7.38. The maximum absolute atomic E-state index is 13.4. The first-order valence-corrected chi connectivity index (χ1v) is 15.2. The van der Waals surface area contributed by atoms with E-state index in [0.29, 0.717) is 49.6 Å². The van der Waals surface area contributed by atoms with Gasteiger partial charge in [0.05, 0.1) is 29.8 Å². The highest BCUT2D eigenvalue weighted by atomic mass is 16.5. The van der Waals surface area contributed by atoms with Gasteiger partial charge < -0.3 is 20.1 Å². The van der Waals surface area contributed by atoms with Gasteiger partial charge in [0.25, 0.3) is 11.8 Å². The van der Waals surface area contributed by atoms with Crippen molar-refractivity contribution >= 4 is 40.3 Å². The van der Waals surface area contributed by atoms with Gasteiger partial charge in [0.15, 0.2) is 5.58 Å². The molecule has 2 fully saturated rings. The molecule has 1 unspecified atom stereocenters. The zero-order valence-corrected chi connectivity index (χ0v) is 24.9. The Hall–Kier alpha value is -5.26. The SMILES string of the molecule is C=C1CCC(N2C(=O)c3cccc(NCc4cnn(C5CCN(C(=O)Cc6noc7c(C)cccc67)CC5)c4)c3C2=O)C(=O)N1. The fraction of sp³-hybridized carbons (Fsp3) is 0.333. The zero-order chi connectivity index (χ0) is 31.2. The maximum Gasteiger partial charge on any atom is 0.264 e.